The van der Waals surface area contributed by atoms with E-state index >= 15 is 0 Å². The van der Waals surface area contributed by atoms with Crippen LogP contribution < -0.4 is 5.32 Å². The highest BCUT2D eigenvalue weighted by molar-refractivity contribution is 7.89. The van der Waals surface area contributed by atoms with Gasteiger partial charge in [-0.25, -0.2) is 12.7 Å². The standard InChI is InChI=1S/C16H17ClN2O3S/c1-11-4-9-14(10-15(11)23(21,22)19(2)3)18-16(20)12-5-7-13(17)8-6-12/h4-10H,1-3H3,(H,18,20). The number of sulfonamides is 1. The van der Waals surface area contributed by atoms with E-state index in [4.69, 9.17) is 11.6 Å². The number of halogens is 1. The molecule has 1 N–H and O–H groups in total. The Morgan fingerprint density at radius 1 is 1.09 bits per heavy atom. The zero-order valence-corrected chi connectivity index (χ0v) is 14.6. The van der Waals surface area contributed by atoms with Gasteiger partial charge in [-0.05, 0) is 48.9 Å². The summed E-state index contributed by atoms with van der Waals surface area (Å²) in [7, 11) is -0.640. The summed E-state index contributed by atoms with van der Waals surface area (Å²) < 4.78 is 25.7. The fourth-order valence-corrected chi connectivity index (χ4v) is 3.23. The maximum absolute atomic E-state index is 12.3. The van der Waals surface area contributed by atoms with Crippen LogP contribution in [0.3, 0.4) is 0 Å². The van der Waals surface area contributed by atoms with E-state index in [1.54, 1.807) is 43.3 Å². The molecule has 0 atom stereocenters. The molecule has 0 aliphatic carbocycles. The van der Waals surface area contributed by atoms with E-state index in [0.717, 1.165) is 4.31 Å². The van der Waals surface area contributed by atoms with Crippen molar-refractivity contribution in [2.24, 2.45) is 0 Å². The number of nitrogens with zero attached hydrogens (tertiary/aromatic N) is 1. The molecule has 0 saturated carbocycles. The van der Waals surface area contributed by atoms with Crippen LogP contribution in [0.2, 0.25) is 5.02 Å². The van der Waals surface area contributed by atoms with Crippen LogP contribution in [0.25, 0.3) is 0 Å². The van der Waals surface area contributed by atoms with Gasteiger partial charge < -0.3 is 5.32 Å². The minimum Gasteiger partial charge on any atom is -0.322 e. The van der Waals surface area contributed by atoms with Gasteiger partial charge in [0.15, 0.2) is 0 Å². The third kappa shape index (κ3) is 3.90. The maximum Gasteiger partial charge on any atom is 0.255 e. The summed E-state index contributed by atoms with van der Waals surface area (Å²) in [6.45, 7) is 1.71. The van der Waals surface area contributed by atoms with Crippen molar-refractivity contribution in [1.29, 1.82) is 0 Å². The zero-order chi connectivity index (χ0) is 17.2. The van der Waals surface area contributed by atoms with Gasteiger partial charge in [0, 0.05) is 30.4 Å². The van der Waals surface area contributed by atoms with Crippen LogP contribution in [-0.4, -0.2) is 32.7 Å². The smallest absolute Gasteiger partial charge is 0.255 e. The molecule has 0 saturated heterocycles. The molecule has 7 heteroatoms. The van der Waals surface area contributed by atoms with Crippen LogP contribution in [0.1, 0.15) is 15.9 Å². The second-order valence-corrected chi connectivity index (χ2v) is 7.79. The minimum atomic E-state index is -3.57. The first-order chi connectivity index (χ1) is 10.7. The normalized spacial score (nSPS) is 11.5. The summed E-state index contributed by atoms with van der Waals surface area (Å²) in [5, 5.41) is 3.23. The van der Waals surface area contributed by atoms with E-state index in [0.29, 0.717) is 21.8 Å². The lowest BCUT2D eigenvalue weighted by Crippen LogP contribution is -2.23. The molecule has 122 valence electrons. The molecule has 0 heterocycles. The lowest BCUT2D eigenvalue weighted by Gasteiger charge is -2.15. The summed E-state index contributed by atoms with van der Waals surface area (Å²) >= 11 is 5.79. The van der Waals surface area contributed by atoms with Crippen molar-refractivity contribution in [3.05, 3.63) is 58.6 Å². The number of amides is 1. The molecule has 2 rings (SSSR count). The molecule has 0 aliphatic rings. The van der Waals surface area contributed by atoms with Crippen molar-refractivity contribution in [1.82, 2.24) is 4.31 Å². The Bertz CT molecular complexity index is 831. The van der Waals surface area contributed by atoms with Gasteiger partial charge in [0.1, 0.15) is 0 Å². The van der Waals surface area contributed by atoms with Crippen molar-refractivity contribution in [2.75, 3.05) is 19.4 Å². The van der Waals surface area contributed by atoms with Crippen LogP contribution in [0.5, 0.6) is 0 Å². The van der Waals surface area contributed by atoms with Crippen molar-refractivity contribution < 1.29 is 13.2 Å². The van der Waals surface area contributed by atoms with Gasteiger partial charge >= 0.3 is 0 Å². The van der Waals surface area contributed by atoms with Gasteiger partial charge in [0.2, 0.25) is 10.0 Å². The molecule has 2 aromatic rings. The van der Waals surface area contributed by atoms with Gasteiger partial charge in [-0.2, -0.15) is 0 Å². The molecular weight excluding hydrogens is 336 g/mol. The molecular formula is C16H17ClN2O3S. The number of rotatable bonds is 4. The first-order valence-electron chi connectivity index (χ1n) is 6.82. The Morgan fingerprint density at radius 2 is 1.70 bits per heavy atom. The highest BCUT2D eigenvalue weighted by Gasteiger charge is 2.20. The Labute approximate surface area is 140 Å². The number of carbonyl (C=O) groups excluding carboxylic acids is 1. The van der Waals surface area contributed by atoms with E-state index in [1.807, 2.05) is 0 Å². The molecule has 1 amide bonds. The molecule has 5 nitrogen and oxygen atoms in total. The van der Waals surface area contributed by atoms with Crippen LogP contribution in [0, 0.1) is 6.92 Å². The second-order valence-electron chi connectivity index (χ2n) is 5.23. The van der Waals surface area contributed by atoms with Gasteiger partial charge in [0.25, 0.3) is 5.91 Å². The number of aryl methyl sites for hydroxylation is 1. The number of nitrogens with one attached hydrogen (secondary N) is 1. The van der Waals surface area contributed by atoms with Crippen LogP contribution in [-0.2, 0) is 10.0 Å². The highest BCUT2D eigenvalue weighted by Crippen LogP contribution is 2.23. The number of hydrogen-bond donors (Lipinski definition) is 1. The topological polar surface area (TPSA) is 66.5 Å². The average Bonchev–Trinajstić information content (AvgIpc) is 2.49. The molecule has 23 heavy (non-hydrogen) atoms. The summed E-state index contributed by atoms with van der Waals surface area (Å²) in [5.74, 6) is -0.335. The fraction of sp³-hybridized carbons (Fsp3) is 0.188. The predicted molar refractivity (Wildman–Crippen MR) is 91.5 cm³/mol. The molecule has 0 spiro atoms. The second kappa shape index (κ2) is 6.70. The predicted octanol–water partition coefficient (Wildman–Crippen LogP) is 3.15. The van der Waals surface area contributed by atoms with Gasteiger partial charge in [-0.15, -0.1) is 0 Å². The highest BCUT2D eigenvalue weighted by atomic mass is 35.5. The summed E-state index contributed by atoms with van der Waals surface area (Å²) in [6.07, 6.45) is 0. The van der Waals surface area contributed by atoms with Crippen molar-refractivity contribution in [3.8, 4) is 0 Å². The van der Waals surface area contributed by atoms with Crippen molar-refractivity contribution in [2.45, 2.75) is 11.8 Å². The van der Waals surface area contributed by atoms with Gasteiger partial charge in [-0.3, -0.25) is 4.79 Å². The van der Waals surface area contributed by atoms with Crippen molar-refractivity contribution >= 4 is 33.2 Å². The van der Waals surface area contributed by atoms with Crippen molar-refractivity contribution in [3.63, 3.8) is 0 Å². The fourth-order valence-electron chi connectivity index (χ4n) is 1.96. The molecule has 0 aliphatic heterocycles. The lowest BCUT2D eigenvalue weighted by atomic mass is 10.2. The Hall–Kier alpha value is -1.89. The van der Waals surface area contributed by atoms with Gasteiger partial charge in [0.05, 0.1) is 4.90 Å². The average molecular weight is 353 g/mol. The first-order valence-corrected chi connectivity index (χ1v) is 8.63. The molecule has 2 aromatic carbocycles. The van der Waals surface area contributed by atoms with Crippen LogP contribution in [0.4, 0.5) is 5.69 Å². The number of hydrogen-bond acceptors (Lipinski definition) is 3. The molecule has 0 fully saturated rings. The van der Waals surface area contributed by atoms with Gasteiger partial charge in [-0.1, -0.05) is 17.7 Å². The summed E-state index contributed by atoms with van der Waals surface area (Å²) in [6, 6.07) is 11.2. The monoisotopic (exact) mass is 352 g/mol. The van der Waals surface area contributed by atoms with E-state index < -0.39 is 10.0 Å². The molecule has 0 radical (unpaired) electrons. The quantitative estimate of drug-likeness (QED) is 0.919. The zero-order valence-electron chi connectivity index (χ0n) is 13.0. The van der Waals surface area contributed by atoms with Crippen LogP contribution in [0.15, 0.2) is 47.4 Å². The Kier molecular flexibility index (Phi) is 5.09. The number of benzene rings is 2. The number of anilines is 1. The molecule has 0 unspecified atom stereocenters. The van der Waals surface area contributed by atoms with E-state index in [9.17, 15) is 13.2 Å². The molecule has 0 bridgehead atoms. The first kappa shape index (κ1) is 17.5. The SMILES string of the molecule is Cc1ccc(NC(=O)c2ccc(Cl)cc2)cc1S(=O)(=O)N(C)C. The lowest BCUT2D eigenvalue weighted by molar-refractivity contribution is 0.102. The Balaban J connectivity index is 2.31. The third-order valence-electron chi connectivity index (χ3n) is 3.31. The van der Waals surface area contributed by atoms with Crippen LogP contribution >= 0.6 is 11.6 Å². The summed E-state index contributed by atoms with van der Waals surface area (Å²) in [5.41, 5.74) is 1.46. The molecule has 0 aromatic heterocycles. The Morgan fingerprint density at radius 3 is 2.26 bits per heavy atom. The van der Waals surface area contributed by atoms with E-state index in [1.165, 1.54) is 20.2 Å². The van der Waals surface area contributed by atoms with E-state index in [2.05, 4.69) is 5.32 Å². The number of carbonyl (C=O) groups is 1. The maximum atomic E-state index is 12.3. The summed E-state index contributed by atoms with van der Waals surface area (Å²) in [4.78, 5) is 12.4. The van der Waals surface area contributed by atoms with E-state index in [-0.39, 0.29) is 10.8 Å². The minimum absolute atomic E-state index is 0.163. The third-order valence-corrected chi connectivity index (χ3v) is 5.52. The largest absolute Gasteiger partial charge is 0.322 e.